The van der Waals surface area contributed by atoms with Gasteiger partial charge in [-0.15, -0.1) is 0 Å². The second-order valence-corrected chi connectivity index (χ2v) is 8.26. The molecule has 0 spiro atoms. The number of primary amides is 1. The number of rotatable bonds is 6. The van der Waals surface area contributed by atoms with Gasteiger partial charge in [0.2, 0.25) is 0 Å². The molecular weight excluding hydrogens is 350 g/mol. The number of nitrogens with zero attached hydrogens (tertiary/aromatic N) is 3. The third-order valence-corrected chi connectivity index (χ3v) is 6.53. The van der Waals surface area contributed by atoms with Crippen molar-refractivity contribution in [1.29, 1.82) is 0 Å². The minimum atomic E-state index is -0.402. The van der Waals surface area contributed by atoms with Crippen LogP contribution in [-0.4, -0.2) is 46.0 Å². The number of carbonyl (C=O) groups excluding carboxylic acids is 1. The molecule has 2 saturated heterocycles. The predicted molar refractivity (Wildman–Crippen MR) is 112 cm³/mol. The molecule has 4 rings (SSSR count). The van der Waals surface area contributed by atoms with Gasteiger partial charge in [0.05, 0.1) is 17.1 Å². The van der Waals surface area contributed by atoms with Crippen molar-refractivity contribution in [2.75, 3.05) is 19.6 Å². The molecule has 6 nitrogen and oxygen atoms in total. The van der Waals surface area contributed by atoms with E-state index in [1.165, 1.54) is 45.1 Å². The maximum atomic E-state index is 11.9. The lowest BCUT2D eigenvalue weighted by Crippen LogP contribution is -2.41. The average Bonchev–Trinajstić information content (AvgIpc) is 3.11. The van der Waals surface area contributed by atoms with Crippen LogP contribution in [0.5, 0.6) is 0 Å². The summed E-state index contributed by atoms with van der Waals surface area (Å²) in [4.78, 5) is 19.5. The van der Waals surface area contributed by atoms with Gasteiger partial charge in [0, 0.05) is 19.1 Å². The second-order valence-electron chi connectivity index (χ2n) is 8.26. The molecule has 0 bridgehead atoms. The Morgan fingerprint density at radius 1 is 1.21 bits per heavy atom. The maximum Gasteiger partial charge on any atom is 0.250 e. The van der Waals surface area contributed by atoms with Crippen LogP contribution < -0.4 is 11.1 Å². The molecule has 3 heterocycles. The van der Waals surface area contributed by atoms with Crippen molar-refractivity contribution < 1.29 is 4.79 Å². The number of hydrogen-bond acceptors (Lipinski definition) is 4. The summed E-state index contributed by atoms with van der Waals surface area (Å²) in [6, 6.07) is 6.74. The zero-order valence-electron chi connectivity index (χ0n) is 17.0. The zero-order chi connectivity index (χ0) is 19.5. The van der Waals surface area contributed by atoms with Crippen molar-refractivity contribution in [3.8, 4) is 0 Å². The number of para-hydroxylation sites is 1. The van der Waals surface area contributed by atoms with Gasteiger partial charge in [-0.2, -0.15) is 0 Å². The normalized spacial score (nSPS) is 23.9. The zero-order valence-corrected chi connectivity index (χ0v) is 17.0. The largest absolute Gasteiger partial charge is 0.366 e. The van der Waals surface area contributed by atoms with Crippen LogP contribution in [-0.2, 0) is 6.54 Å². The third kappa shape index (κ3) is 3.80. The highest BCUT2D eigenvalue weighted by Crippen LogP contribution is 2.28. The fourth-order valence-electron chi connectivity index (χ4n) is 4.98. The fourth-order valence-corrected chi connectivity index (χ4v) is 4.98. The summed E-state index contributed by atoms with van der Waals surface area (Å²) < 4.78 is 2.34. The van der Waals surface area contributed by atoms with E-state index in [4.69, 9.17) is 10.7 Å². The monoisotopic (exact) mass is 383 g/mol. The molecule has 1 amide bonds. The highest BCUT2D eigenvalue weighted by molar-refractivity contribution is 6.04. The number of aromatic nitrogens is 2. The van der Waals surface area contributed by atoms with Gasteiger partial charge in [-0.3, -0.25) is 9.69 Å². The molecule has 3 N–H and O–H groups in total. The number of hydrogen-bond donors (Lipinski definition) is 2. The summed E-state index contributed by atoms with van der Waals surface area (Å²) in [5.41, 5.74) is 7.94. The molecule has 28 heavy (non-hydrogen) atoms. The number of imidazole rings is 1. The van der Waals surface area contributed by atoms with Crippen molar-refractivity contribution in [2.24, 2.45) is 5.73 Å². The van der Waals surface area contributed by atoms with E-state index in [-0.39, 0.29) is 6.04 Å². The van der Waals surface area contributed by atoms with Gasteiger partial charge in [0.25, 0.3) is 5.91 Å². The molecule has 2 aliphatic rings. The van der Waals surface area contributed by atoms with E-state index in [1.807, 2.05) is 6.07 Å². The Hall–Kier alpha value is -1.92. The molecule has 2 aromatic rings. The summed E-state index contributed by atoms with van der Waals surface area (Å²) >= 11 is 0. The van der Waals surface area contributed by atoms with Crippen LogP contribution in [0, 0.1) is 0 Å². The molecule has 2 fully saturated rings. The molecule has 1 aromatic heterocycles. The van der Waals surface area contributed by atoms with Gasteiger partial charge < -0.3 is 15.6 Å². The number of fused-ring (bicyclic) bond motifs is 1. The first kappa shape index (κ1) is 19.4. The first-order chi connectivity index (χ1) is 13.7. The van der Waals surface area contributed by atoms with Crippen molar-refractivity contribution >= 4 is 16.9 Å². The third-order valence-electron chi connectivity index (χ3n) is 6.53. The minimum absolute atomic E-state index is 0.255. The average molecular weight is 384 g/mol. The van der Waals surface area contributed by atoms with E-state index in [1.54, 1.807) is 6.07 Å². The van der Waals surface area contributed by atoms with Crippen molar-refractivity contribution in [1.82, 2.24) is 19.8 Å². The molecule has 0 aliphatic carbocycles. The Labute approximate surface area is 167 Å². The number of amides is 1. The van der Waals surface area contributed by atoms with Gasteiger partial charge in [-0.05, 0) is 57.3 Å². The summed E-state index contributed by atoms with van der Waals surface area (Å²) in [5.74, 6) is 0.661. The second kappa shape index (κ2) is 8.62. The molecular formula is C22H33N5O. The molecule has 0 saturated carbocycles. The van der Waals surface area contributed by atoms with Crippen LogP contribution in [0.15, 0.2) is 18.2 Å². The Bertz CT molecular complexity index is 824. The molecule has 1 aromatic carbocycles. The van der Waals surface area contributed by atoms with Crippen LogP contribution in [0.2, 0.25) is 0 Å². The van der Waals surface area contributed by atoms with E-state index < -0.39 is 5.91 Å². The lowest BCUT2D eigenvalue weighted by atomic mass is 10.00. The molecule has 2 atom stereocenters. The molecule has 6 heteroatoms. The highest BCUT2D eigenvalue weighted by Gasteiger charge is 2.25. The summed E-state index contributed by atoms with van der Waals surface area (Å²) in [7, 11) is 0. The predicted octanol–water partition coefficient (Wildman–Crippen LogP) is 3.21. The Morgan fingerprint density at radius 2 is 2.07 bits per heavy atom. The van der Waals surface area contributed by atoms with E-state index in [0.29, 0.717) is 11.6 Å². The quantitative estimate of drug-likeness (QED) is 0.803. The number of nitrogens with one attached hydrogen (secondary N) is 1. The van der Waals surface area contributed by atoms with E-state index in [9.17, 15) is 4.79 Å². The van der Waals surface area contributed by atoms with Gasteiger partial charge in [0.15, 0.2) is 0 Å². The first-order valence-corrected chi connectivity index (χ1v) is 11.0. The van der Waals surface area contributed by atoms with Crippen LogP contribution in [0.4, 0.5) is 0 Å². The molecule has 2 unspecified atom stereocenters. The minimum Gasteiger partial charge on any atom is -0.366 e. The van der Waals surface area contributed by atoms with Gasteiger partial charge in [-0.25, -0.2) is 4.98 Å². The summed E-state index contributed by atoms with van der Waals surface area (Å²) in [6.45, 7) is 6.45. The van der Waals surface area contributed by atoms with E-state index >= 15 is 0 Å². The van der Waals surface area contributed by atoms with Crippen molar-refractivity contribution in [3.63, 3.8) is 0 Å². The van der Waals surface area contributed by atoms with Crippen LogP contribution in [0.1, 0.15) is 74.1 Å². The van der Waals surface area contributed by atoms with Gasteiger partial charge in [0.1, 0.15) is 11.3 Å². The number of nitrogens with two attached hydrogens (primary N) is 1. The van der Waals surface area contributed by atoms with Crippen molar-refractivity contribution in [3.05, 3.63) is 29.6 Å². The fraction of sp³-hybridized carbons (Fsp3) is 0.636. The smallest absolute Gasteiger partial charge is 0.250 e. The van der Waals surface area contributed by atoms with Crippen LogP contribution in [0.3, 0.4) is 0 Å². The van der Waals surface area contributed by atoms with E-state index in [0.717, 1.165) is 42.9 Å². The van der Waals surface area contributed by atoms with Gasteiger partial charge >= 0.3 is 0 Å². The number of likely N-dealkylation sites (tertiary alicyclic amines) is 1. The highest BCUT2D eigenvalue weighted by atomic mass is 16.1. The molecule has 0 radical (unpaired) electrons. The Balaban J connectivity index is 1.68. The number of piperidine rings is 2. The Kier molecular flexibility index (Phi) is 5.97. The van der Waals surface area contributed by atoms with Crippen LogP contribution >= 0.6 is 0 Å². The Morgan fingerprint density at radius 3 is 2.82 bits per heavy atom. The molecule has 2 aliphatic heterocycles. The molecule has 152 valence electrons. The number of benzene rings is 1. The van der Waals surface area contributed by atoms with Gasteiger partial charge in [-0.1, -0.05) is 25.8 Å². The topological polar surface area (TPSA) is 76.2 Å². The summed E-state index contributed by atoms with van der Waals surface area (Å²) in [6.07, 6.45) is 8.70. The van der Waals surface area contributed by atoms with Crippen molar-refractivity contribution in [2.45, 2.75) is 70.5 Å². The summed E-state index contributed by atoms with van der Waals surface area (Å²) in [5, 5.41) is 3.63. The maximum absolute atomic E-state index is 11.9. The van der Waals surface area contributed by atoms with Crippen LogP contribution in [0.25, 0.3) is 11.0 Å². The lowest BCUT2D eigenvalue weighted by molar-refractivity contribution is 0.100. The SMILES string of the molecule is CCC1CCCCN1CCn1c(C2CCCCN2)nc2c(C(N)=O)cccc21. The number of carbonyl (C=O) groups is 1. The van der Waals surface area contributed by atoms with E-state index in [2.05, 4.69) is 27.8 Å². The standard InChI is InChI=1S/C22H33N5O/c1-2-16-8-4-6-13-26(16)14-15-27-19-11-7-9-17(21(23)28)20(19)25-22(27)18-10-3-5-12-24-18/h7,9,11,16,18,24H,2-6,8,10,12-15H2,1H3,(H2,23,28). The lowest BCUT2D eigenvalue weighted by Gasteiger charge is -2.35. The first-order valence-electron chi connectivity index (χ1n) is 11.0.